The van der Waals surface area contributed by atoms with Crippen LogP contribution in [-0.4, -0.2) is 11.1 Å². The number of benzene rings is 2. The predicted octanol–water partition coefficient (Wildman–Crippen LogP) is 5.74. The molecule has 136 valence electrons. The summed E-state index contributed by atoms with van der Waals surface area (Å²) in [6.45, 7) is 1.94. The largest absolute Gasteiger partial charge is 0.483 e. The Hall–Kier alpha value is -2.18. The number of carboxylic acids is 1. The van der Waals surface area contributed by atoms with Gasteiger partial charge in [0.1, 0.15) is 6.61 Å². The second kappa shape index (κ2) is 7.60. The molecule has 3 aromatic rings. The minimum atomic E-state index is -1.03. The lowest BCUT2D eigenvalue weighted by molar-refractivity contribution is -0.136. The first kappa shape index (κ1) is 18.6. The smallest absolute Gasteiger partial charge is 0.303 e. The maximum absolute atomic E-state index is 14.2. The van der Waals surface area contributed by atoms with E-state index in [0.717, 1.165) is 32.7 Å². The van der Waals surface area contributed by atoms with Crippen molar-refractivity contribution in [1.82, 2.24) is 0 Å². The number of hydrogen-bond acceptors (Lipinski definition) is 3. The van der Waals surface area contributed by atoms with Gasteiger partial charge >= 0.3 is 5.97 Å². The van der Waals surface area contributed by atoms with Crippen LogP contribution in [0.2, 0.25) is 5.02 Å². The van der Waals surface area contributed by atoms with Gasteiger partial charge in [0.2, 0.25) is 0 Å². The number of fused-ring (bicyclic) bond motifs is 1. The van der Waals surface area contributed by atoms with E-state index in [-0.39, 0.29) is 25.0 Å². The number of carbonyl (C=O) groups is 1. The highest BCUT2D eigenvalue weighted by atomic mass is 35.5. The summed E-state index contributed by atoms with van der Waals surface area (Å²) in [5.41, 5.74) is 1.02. The molecule has 0 saturated heterocycles. The van der Waals surface area contributed by atoms with Crippen molar-refractivity contribution < 1.29 is 23.4 Å². The average molecular weight is 397 g/mol. The van der Waals surface area contributed by atoms with Crippen molar-refractivity contribution in [2.45, 2.75) is 26.4 Å². The molecule has 0 aliphatic rings. The Kier molecular flexibility index (Phi) is 5.44. The monoisotopic (exact) mass is 396 g/mol. The summed E-state index contributed by atoms with van der Waals surface area (Å²) in [5, 5.41) is 10.2. The predicted molar refractivity (Wildman–Crippen MR) is 98.2 cm³/mol. The number of halogens is 3. The fourth-order valence-electron chi connectivity index (χ4n) is 2.72. The van der Waals surface area contributed by atoms with Crippen molar-refractivity contribution in [3.05, 3.63) is 63.0 Å². The second-order valence-corrected chi connectivity index (χ2v) is 7.60. The Bertz CT molecular complexity index is 961. The third-order valence-corrected chi connectivity index (χ3v) is 5.20. The van der Waals surface area contributed by atoms with Gasteiger partial charge in [-0.3, -0.25) is 4.79 Å². The van der Waals surface area contributed by atoms with Crippen LogP contribution >= 0.6 is 22.9 Å². The third-order valence-electron chi connectivity index (χ3n) is 3.84. The van der Waals surface area contributed by atoms with Crippen LogP contribution in [0.1, 0.15) is 22.4 Å². The molecule has 1 heterocycles. The van der Waals surface area contributed by atoms with Crippen LogP contribution in [0.3, 0.4) is 0 Å². The fraction of sp³-hybridized carbons (Fsp3) is 0.211. The quantitative estimate of drug-likeness (QED) is 0.578. The Morgan fingerprint density at radius 2 is 1.88 bits per heavy atom. The molecule has 7 heteroatoms. The summed E-state index contributed by atoms with van der Waals surface area (Å²) >= 11 is 7.67. The van der Waals surface area contributed by atoms with Gasteiger partial charge in [0.05, 0.1) is 0 Å². The number of hydrogen-bond donors (Lipinski definition) is 1. The van der Waals surface area contributed by atoms with Gasteiger partial charge in [0.25, 0.3) is 0 Å². The van der Waals surface area contributed by atoms with Crippen molar-refractivity contribution in [2.24, 2.45) is 0 Å². The van der Waals surface area contributed by atoms with Crippen LogP contribution in [0.15, 0.2) is 30.3 Å². The molecule has 3 rings (SSSR count). The Balaban J connectivity index is 1.83. The van der Waals surface area contributed by atoms with E-state index >= 15 is 0 Å². The van der Waals surface area contributed by atoms with Crippen LogP contribution in [0.25, 0.3) is 10.1 Å². The lowest BCUT2D eigenvalue weighted by Gasteiger charge is -2.11. The first-order valence-electron chi connectivity index (χ1n) is 7.84. The van der Waals surface area contributed by atoms with Gasteiger partial charge in [0, 0.05) is 26.6 Å². The molecule has 0 aliphatic carbocycles. The molecule has 3 nitrogen and oxygen atoms in total. The van der Waals surface area contributed by atoms with E-state index < -0.39 is 23.4 Å². The number of carboxylic acid groups (broad SMARTS) is 1. The van der Waals surface area contributed by atoms with E-state index in [1.165, 1.54) is 0 Å². The molecule has 26 heavy (non-hydrogen) atoms. The van der Waals surface area contributed by atoms with Gasteiger partial charge in [-0.05, 0) is 54.6 Å². The maximum Gasteiger partial charge on any atom is 0.303 e. The minimum absolute atomic E-state index is 0.0284. The third kappa shape index (κ3) is 4.14. The topological polar surface area (TPSA) is 46.5 Å². The zero-order valence-electron chi connectivity index (χ0n) is 13.8. The molecule has 1 N–H and O–H groups in total. The molecule has 0 spiro atoms. The average Bonchev–Trinajstić information content (AvgIpc) is 2.92. The second-order valence-electron chi connectivity index (χ2n) is 5.91. The lowest BCUT2D eigenvalue weighted by Crippen LogP contribution is -2.03. The summed E-state index contributed by atoms with van der Waals surface area (Å²) in [7, 11) is 0. The van der Waals surface area contributed by atoms with Crippen LogP contribution in [0.5, 0.6) is 5.75 Å². The molecular formula is C19H15ClF2O3S. The summed E-state index contributed by atoms with van der Waals surface area (Å²) in [6, 6.07) is 7.75. The molecule has 2 aromatic carbocycles. The van der Waals surface area contributed by atoms with E-state index in [0.29, 0.717) is 5.02 Å². The molecule has 0 radical (unpaired) electrons. The van der Waals surface area contributed by atoms with Crippen molar-refractivity contribution in [1.29, 1.82) is 0 Å². The van der Waals surface area contributed by atoms with Crippen molar-refractivity contribution >= 4 is 39.0 Å². The normalized spacial score (nSPS) is 11.1. The van der Waals surface area contributed by atoms with E-state index in [9.17, 15) is 13.6 Å². The highest BCUT2D eigenvalue weighted by Crippen LogP contribution is 2.33. The van der Waals surface area contributed by atoms with Crippen LogP contribution < -0.4 is 4.74 Å². The molecule has 0 aliphatic heterocycles. The summed E-state index contributed by atoms with van der Waals surface area (Å²) in [4.78, 5) is 11.7. The maximum atomic E-state index is 14.2. The molecular weight excluding hydrogens is 382 g/mol. The van der Waals surface area contributed by atoms with E-state index in [4.69, 9.17) is 21.4 Å². The van der Waals surface area contributed by atoms with Crippen molar-refractivity contribution in [3.63, 3.8) is 0 Å². The highest BCUT2D eigenvalue weighted by Gasteiger charge is 2.15. The van der Waals surface area contributed by atoms with Crippen molar-refractivity contribution in [3.8, 4) is 5.75 Å². The van der Waals surface area contributed by atoms with Crippen LogP contribution in [-0.2, 0) is 17.8 Å². The fourth-order valence-corrected chi connectivity index (χ4v) is 3.96. The lowest BCUT2D eigenvalue weighted by atomic mass is 10.1. The molecule has 0 atom stereocenters. The summed E-state index contributed by atoms with van der Waals surface area (Å²) < 4.78 is 34.8. The number of aryl methyl sites for hydroxylation is 2. The van der Waals surface area contributed by atoms with Gasteiger partial charge in [-0.25, -0.2) is 8.78 Å². The zero-order chi connectivity index (χ0) is 18.8. The van der Waals surface area contributed by atoms with Gasteiger partial charge in [-0.15, -0.1) is 11.3 Å². The Morgan fingerprint density at radius 1 is 1.19 bits per heavy atom. The van der Waals surface area contributed by atoms with Gasteiger partial charge in [-0.2, -0.15) is 0 Å². The zero-order valence-corrected chi connectivity index (χ0v) is 15.4. The van der Waals surface area contributed by atoms with Crippen molar-refractivity contribution in [2.75, 3.05) is 0 Å². The van der Waals surface area contributed by atoms with E-state index in [2.05, 4.69) is 0 Å². The standard InChI is InChI=1S/C19H15ClF2O3S/c1-10-4-12-7-14(20)8-13(19(12)26-10)9-25-18-15(21)5-11(6-16(18)22)2-3-17(23)24/h4-8H,2-3,9H2,1H3,(H,23,24). The Labute approximate surface area is 157 Å². The van der Waals surface area contributed by atoms with Gasteiger partial charge in [0.15, 0.2) is 17.4 Å². The van der Waals surface area contributed by atoms with Gasteiger partial charge in [-0.1, -0.05) is 11.6 Å². The summed E-state index contributed by atoms with van der Waals surface area (Å²) in [5.74, 6) is -3.22. The first-order valence-corrected chi connectivity index (χ1v) is 9.04. The van der Waals surface area contributed by atoms with Crippen LogP contribution in [0.4, 0.5) is 8.78 Å². The van der Waals surface area contributed by atoms with E-state index in [1.54, 1.807) is 17.4 Å². The molecule has 0 fully saturated rings. The minimum Gasteiger partial charge on any atom is -0.483 e. The number of aliphatic carboxylic acids is 1. The molecule has 0 amide bonds. The highest BCUT2D eigenvalue weighted by molar-refractivity contribution is 7.19. The number of thiophene rings is 1. The molecule has 0 unspecified atom stereocenters. The molecule has 0 saturated carbocycles. The first-order chi connectivity index (χ1) is 12.3. The summed E-state index contributed by atoms with van der Waals surface area (Å²) in [6.07, 6.45) is -0.149. The molecule has 0 bridgehead atoms. The van der Waals surface area contributed by atoms with Gasteiger partial charge < -0.3 is 9.84 Å². The number of rotatable bonds is 6. The SMILES string of the molecule is Cc1cc2cc(Cl)cc(COc3c(F)cc(CCC(=O)O)cc3F)c2s1. The molecule has 1 aromatic heterocycles. The van der Waals surface area contributed by atoms with Crippen LogP contribution in [0, 0.1) is 18.6 Å². The van der Waals surface area contributed by atoms with E-state index in [1.807, 2.05) is 19.1 Å². The number of ether oxygens (including phenoxy) is 1. The Morgan fingerprint density at radius 3 is 2.54 bits per heavy atom.